The summed E-state index contributed by atoms with van der Waals surface area (Å²) >= 11 is 0. The van der Waals surface area contributed by atoms with Gasteiger partial charge < -0.3 is 10.5 Å². The van der Waals surface area contributed by atoms with Crippen LogP contribution in [0.4, 0.5) is 10.1 Å². The average Bonchev–Trinajstić information content (AvgIpc) is 3.22. The van der Waals surface area contributed by atoms with Crippen LogP contribution in [0, 0.1) is 5.82 Å². The number of nitrogens with one attached hydrogen (secondary N) is 3. The van der Waals surface area contributed by atoms with E-state index in [1.165, 1.54) is 12.1 Å². The lowest BCUT2D eigenvalue weighted by molar-refractivity contribution is 0.189. The molecule has 122 valence electrons. The smallest absolute Gasteiger partial charge is 0.181 e. The molecule has 0 saturated carbocycles. The van der Waals surface area contributed by atoms with Gasteiger partial charge in [-0.3, -0.25) is 5.10 Å². The highest BCUT2D eigenvalue weighted by molar-refractivity contribution is 5.67. The van der Waals surface area contributed by atoms with Crippen LogP contribution >= 0.6 is 0 Å². The number of fused-ring (bicyclic) bond motifs is 1. The van der Waals surface area contributed by atoms with Crippen molar-refractivity contribution in [1.29, 1.82) is 0 Å². The number of aliphatic hydroxyl groups is 1. The van der Waals surface area contributed by atoms with E-state index in [4.69, 9.17) is 0 Å². The van der Waals surface area contributed by atoms with E-state index in [1.54, 1.807) is 19.1 Å². The van der Waals surface area contributed by atoms with Crippen LogP contribution < -0.4 is 10.9 Å². The third kappa shape index (κ3) is 2.53. The minimum atomic E-state index is -0.698. The Morgan fingerprint density at radius 3 is 2.67 bits per heavy atom. The summed E-state index contributed by atoms with van der Waals surface area (Å²) in [6.07, 6.45) is -0.698. The van der Waals surface area contributed by atoms with Crippen LogP contribution in [0.25, 0.3) is 11.4 Å². The first kappa shape index (κ1) is 14.8. The van der Waals surface area contributed by atoms with Crippen LogP contribution in [0.1, 0.15) is 36.0 Å². The molecule has 3 aromatic rings. The minimum absolute atomic E-state index is 0.0873. The van der Waals surface area contributed by atoms with Gasteiger partial charge in [0.1, 0.15) is 11.9 Å². The molecule has 0 spiro atoms. The van der Waals surface area contributed by atoms with Crippen LogP contribution in [0.15, 0.2) is 42.5 Å². The summed E-state index contributed by atoms with van der Waals surface area (Å²) in [5.74, 6) is 0.695. The maximum atomic E-state index is 13.1. The van der Waals surface area contributed by atoms with Crippen molar-refractivity contribution in [1.82, 2.24) is 20.6 Å². The minimum Gasteiger partial charge on any atom is -0.385 e. The third-order valence-corrected chi connectivity index (χ3v) is 4.07. The molecule has 7 heteroatoms. The van der Waals surface area contributed by atoms with Gasteiger partial charge in [0.2, 0.25) is 0 Å². The molecule has 1 aliphatic heterocycles. The van der Waals surface area contributed by atoms with E-state index in [2.05, 4.69) is 26.0 Å². The number of hydrogen-bond acceptors (Lipinski definition) is 5. The Balaban J connectivity index is 1.71. The van der Waals surface area contributed by atoms with Crippen molar-refractivity contribution in [2.75, 3.05) is 5.43 Å². The Morgan fingerprint density at radius 1 is 1.17 bits per heavy atom. The molecule has 2 atom stereocenters. The molecule has 0 aliphatic carbocycles. The molecule has 0 amide bonds. The normalized spacial score (nSPS) is 17.4. The molecule has 0 radical (unpaired) electrons. The molecule has 24 heavy (non-hydrogen) atoms. The van der Waals surface area contributed by atoms with Crippen molar-refractivity contribution in [3.8, 4) is 11.4 Å². The topological polar surface area (TPSA) is 85.9 Å². The summed E-state index contributed by atoms with van der Waals surface area (Å²) in [5, 5.41) is 16.5. The Labute approximate surface area is 137 Å². The Bertz CT molecular complexity index is 875. The second kappa shape index (κ2) is 5.70. The Hall–Kier alpha value is -2.77. The van der Waals surface area contributed by atoms with Gasteiger partial charge in [-0.05, 0) is 42.8 Å². The number of aromatic amines is 1. The molecule has 2 unspecified atom stereocenters. The molecule has 0 saturated heterocycles. The van der Waals surface area contributed by atoms with Crippen LogP contribution in [0.5, 0.6) is 0 Å². The third-order valence-electron chi connectivity index (χ3n) is 4.07. The summed E-state index contributed by atoms with van der Waals surface area (Å²) in [7, 11) is 0. The number of rotatable bonds is 3. The number of aromatic nitrogens is 3. The molecule has 4 rings (SSSR count). The zero-order valence-corrected chi connectivity index (χ0v) is 12.9. The van der Waals surface area contributed by atoms with Crippen molar-refractivity contribution in [3.05, 3.63) is 65.2 Å². The van der Waals surface area contributed by atoms with Gasteiger partial charge in [0.15, 0.2) is 11.6 Å². The number of halogens is 1. The molecule has 4 N–H and O–H groups in total. The molecule has 0 bridgehead atoms. The largest absolute Gasteiger partial charge is 0.385 e. The molecule has 2 aromatic carbocycles. The van der Waals surface area contributed by atoms with Gasteiger partial charge >= 0.3 is 0 Å². The highest BCUT2D eigenvalue weighted by Gasteiger charge is 2.24. The van der Waals surface area contributed by atoms with Gasteiger partial charge in [-0.2, -0.15) is 5.10 Å². The second-order valence-electron chi connectivity index (χ2n) is 5.78. The quantitative estimate of drug-likeness (QED) is 0.595. The highest BCUT2D eigenvalue weighted by Crippen LogP contribution is 2.35. The van der Waals surface area contributed by atoms with Crippen molar-refractivity contribution < 1.29 is 9.50 Å². The molecule has 2 heterocycles. The monoisotopic (exact) mass is 325 g/mol. The fraction of sp³-hybridized carbons (Fsp3) is 0.176. The summed E-state index contributed by atoms with van der Waals surface area (Å²) in [4.78, 5) is 4.31. The molecule has 1 aromatic heterocycles. The maximum Gasteiger partial charge on any atom is 0.181 e. The molecular weight excluding hydrogens is 309 g/mol. The summed E-state index contributed by atoms with van der Waals surface area (Å²) in [6, 6.07) is 12.2. The van der Waals surface area contributed by atoms with Gasteiger partial charge in [-0.1, -0.05) is 12.1 Å². The molecule has 6 nitrogen and oxygen atoms in total. The number of benzene rings is 2. The second-order valence-corrected chi connectivity index (χ2v) is 5.78. The standard InChI is InChI=1S/C17H16FN5O/c1-9(24)16-19-17(23-22-16)11-4-7-14-13(8-11)15(21-20-14)10-2-5-12(18)6-3-10/h2-9,15,20-21,24H,1H3,(H,19,22,23). The van der Waals surface area contributed by atoms with E-state index in [-0.39, 0.29) is 11.9 Å². The number of hydrogen-bond donors (Lipinski definition) is 4. The molecular formula is C17H16FN5O. The van der Waals surface area contributed by atoms with E-state index < -0.39 is 6.10 Å². The zero-order valence-electron chi connectivity index (χ0n) is 12.9. The highest BCUT2D eigenvalue weighted by atomic mass is 19.1. The first-order chi connectivity index (χ1) is 11.6. The number of nitrogens with zero attached hydrogens (tertiary/aromatic N) is 2. The number of anilines is 1. The van der Waals surface area contributed by atoms with E-state index in [1.807, 2.05) is 18.2 Å². The first-order valence-electron chi connectivity index (χ1n) is 7.63. The van der Waals surface area contributed by atoms with E-state index in [9.17, 15) is 9.50 Å². The van der Waals surface area contributed by atoms with Gasteiger partial charge in [-0.25, -0.2) is 14.8 Å². The van der Waals surface area contributed by atoms with Crippen molar-refractivity contribution in [2.24, 2.45) is 0 Å². The number of H-pyrrole nitrogens is 1. The Kier molecular flexibility index (Phi) is 3.51. The van der Waals surface area contributed by atoms with Crippen LogP contribution in [-0.2, 0) is 0 Å². The van der Waals surface area contributed by atoms with Crippen molar-refractivity contribution in [3.63, 3.8) is 0 Å². The Morgan fingerprint density at radius 2 is 1.96 bits per heavy atom. The average molecular weight is 325 g/mol. The molecule has 1 aliphatic rings. The van der Waals surface area contributed by atoms with Gasteiger partial charge in [0, 0.05) is 11.1 Å². The van der Waals surface area contributed by atoms with Crippen LogP contribution in [-0.4, -0.2) is 20.3 Å². The number of hydrazine groups is 1. The summed E-state index contributed by atoms with van der Waals surface area (Å²) in [5.41, 5.74) is 10.1. The van der Waals surface area contributed by atoms with Gasteiger partial charge in [0.05, 0.1) is 11.7 Å². The van der Waals surface area contributed by atoms with Gasteiger partial charge in [0.25, 0.3) is 0 Å². The predicted octanol–water partition coefficient (Wildman–Crippen LogP) is 2.68. The SMILES string of the molecule is CC(O)c1nc(-c2ccc3c(c2)C(c2ccc(F)cc2)NN3)n[nH]1. The van der Waals surface area contributed by atoms with Crippen LogP contribution in [0.3, 0.4) is 0 Å². The fourth-order valence-corrected chi connectivity index (χ4v) is 2.79. The number of aliphatic hydroxyl groups excluding tert-OH is 1. The van der Waals surface area contributed by atoms with Crippen molar-refractivity contribution in [2.45, 2.75) is 19.1 Å². The maximum absolute atomic E-state index is 13.1. The summed E-state index contributed by atoms with van der Waals surface area (Å²) < 4.78 is 13.1. The first-order valence-corrected chi connectivity index (χ1v) is 7.63. The van der Waals surface area contributed by atoms with Gasteiger partial charge in [-0.15, -0.1) is 0 Å². The zero-order chi connectivity index (χ0) is 16.7. The predicted molar refractivity (Wildman–Crippen MR) is 87.5 cm³/mol. The van der Waals surface area contributed by atoms with E-state index in [0.717, 1.165) is 22.4 Å². The lowest BCUT2D eigenvalue weighted by Gasteiger charge is -2.11. The van der Waals surface area contributed by atoms with E-state index >= 15 is 0 Å². The van der Waals surface area contributed by atoms with Crippen LogP contribution in [0.2, 0.25) is 0 Å². The lowest BCUT2D eigenvalue weighted by Crippen LogP contribution is -2.19. The lowest BCUT2D eigenvalue weighted by atomic mass is 9.97. The molecule has 0 fully saturated rings. The van der Waals surface area contributed by atoms with E-state index in [0.29, 0.717) is 11.6 Å². The fourth-order valence-electron chi connectivity index (χ4n) is 2.79. The van der Waals surface area contributed by atoms with Crippen molar-refractivity contribution >= 4 is 5.69 Å². The summed E-state index contributed by atoms with van der Waals surface area (Å²) in [6.45, 7) is 1.63.